The van der Waals surface area contributed by atoms with Crippen LogP contribution in [0.4, 0.5) is 13.2 Å². The van der Waals surface area contributed by atoms with E-state index in [9.17, 15) is 18.0 Å². The summed E-state index contributed by atoms with van der Waals surface area (Å²) in [5.41, 5.74) is 0.246. The molecule has 40 heavy (non-hydrogen) atoms. The lowest BCUT2D eigenvalue weighted by molar-refractivity contribution is -0.137. The quantitative estimate of drug-likeness (QED) is 0.196. The minimum atomic E-state index is -4.58. The average Bonchev–Trinajstić information content (AvgIpc) is 2.96. The Morgan fingerprint density at radius 2 is 1.73 bits per heavy atom. The Hall–Kier alpha value is -4.63. The molecule has 0 atom stereocenters. The predicted octanol–water partition coefficient (Wildman–Crippen LogP) is 7.21. The van der Waals surface area contributed by atoms with Crippen LogP contribution in [0.2, 0.25) is 5.02 Å². The molecule has 0 spiro atoms. The number of hydrogen-bond acceptors (Lipinski definition) is 5. The molecule has 1 aromatic heterocycles. The number of hydrogen-bond donors (Lipinski definition) is 0. The van der Waals surface area contributed by atoms with Crippen molar-refractivity contribution in [1.29, 1.82) is 0 Å². The van der Waals surface area contributed by atoms with Crippen LogP contribution in [0.25, 0.3) is 22.3 Å². The molecule has 0 aliphatic heterocycles. The summed E-state index contributed by atoms with van der Waals surface area (Å²) in [5.74, 6) is 0.598. The number of fused-ring (bicyclic) bond motifs is 1. The molecule has 1 heterocycles. The molecule has 0 fully saturated rings. The van der Waals surface area contributed by atoms with Crippen molar-refractivity contribution < 1.29 is 22.6 Å². The van der Waals surface area contributed by atoms with E-state index in [0.29, 0.717) is 27.6 Å². The fraction of sp³-hybridized carbons (Fsp3) is 0.100. The van der Waals surface area contributed by atoms with Crippen molar-refractivity contribution in [2.45, 2.75) is 12.8 Å². The maximum atomic E-state index is 13.5. The largest absolute Gasteiger partial charge is 0.493 e. The van der Waals surface area contributed by atoms with Gasteiger partial charge in [-0.05, 0) is 35.9 Å². The van der Waals surface area contributed by atoms with Crippen LogP contribution in [-0.2, 0) is 12.8 Å². The molecular weight excluding hydrogens is 543 g/mol. The number of halogens is 4. The van der Waals surface area contributed by atoms with Crippen LogP contribution in [-0.4, -0.2) is 23.0 Å². The summed E-state index contributed by atoms with van der Waals surface area (Å²) < 4.78 is 52.9. The molecule has 6 nitrogen and oxygen atoms in total. The first-order valence-corrected chi connectivity index (χ1v) is 12.4. The van der Waals surface area contributed by atoms with Crippen LogP contribution in [0.3, 0.4) is 0 Å². The van der Waals surface area contributed by atoms with Crippen molar-refractivity contribution in [3.05, 3.63) is 123 Å². The first-order valence-electron chi connectivity index (χ1n) is 12.0. The minimum absolute atomic E-state index is 0.0632. The third-order valence-electron chi connectivity index (χ3n) is 6.01. The Balaban J connectivity index is 1.65. The van der Waals surface area contributed by atoms with Crippen LogP contribution in [0.15, 0.2) is 101 Å². The van der Waals surface area contributed by atoms with E-state index in [-0.39, 0.29) is 23.4 Å². The molecule has 10 heteroatoms. The minimum Gasteiger partial charge on any atom is -0.493 e. The van der Waals surface area contributed by atoms with Crippen LogP contribution in [0, 0.1) is 0 Å². The van der Waals surface area contributed by atoms with E-state index in [2.05, 4.69) is 10.1 Å². The van der Waals surface area contributed by atoms with Gasteiger partial charge in [0.2, 0.25) is 0 Å². The monoisotopic (exact) mass is 563 g/mol. The van der Waals surface area contributed by atoms with Gasteiger partial charge in [0.05, 0.1) is 29.8 Å². The van der Waals surface area contributed by atoms with Gasteiger partial charge in [-0.3, -0.25) is 4.79 Å². The molecule has 0 radical (unpaired) electrons. The van der Waals surface area contributed by atoms with Crippen molar-refractivity contribution in [2.24, 2.45) is 5.10 Å². The molecular formula is C30H21ClF3N3O3. The van der Waals surface area contributed by atoms with E-state index in [0.717, 1.165) is 22.4 Å². The third-order valence-corrected chi connectivity index (χ3v) is 6.23. The molecule has 5 aromatic rings. The molecule has 0 unspecified atom stereocenters. The Labute approximate surface area is 231 Å². The second-order valence-electron chi connectivity index (χ2n) is 8.69. The first-order chi connectivity index (χ1) is 19.2. The van der Waals surface area contributed by atoms with E-state index in [4.69, 9.17) is 21.1 Å². The molecule has 4 aromatic carbocycles. The van der Waals surface area contributed by atoms with E-state index >= 15 is 0 Å². The zero-order valence-electron chi connectivity index (χ0n) is 21.0. The Morgan fingerprint density at radius 1 is 0.975 bits per heavy atom. The fourth-order valence-corrected chi connectivity index (χ4v) is 4.31. The second-order valence-corrected chi connectivity index (χ2v) is 9.13. The van der Waals surface area contributed by atoms with E-state index in [1.54, 1.807) is 36.4 Å². The van der Waals surface area contributed by atoms with E-state index < -0.39 is 17.3 Å². The van der Waals surface area contributed by atoms with Crippen LogP contribution >= 0.6 is 11.6 Å². The predicted molar refractivity (Wildman–Crippen MR) is 148 cm³/mol. The van der Waals surface area contributed by atoms with Gasteiger partial charge in [-0.15, -0.1) is 0 Å². The topological polar surface area (TPSA) is 65.7 Å². The van der Waals surface area contributed by atoms with Crippen LogP contribution in [0.1, 0.15) is 16.7 Å². The summed E-state index contributed by atoms with van der Waals surface area (Å²) in [7, 11) is 1.46. The van der Waals surface area contributed by atoms with Gasteiger partial charge in [0.1, 0.15) is 6.61 Å². The Morgan fingerprint density at radius 3 is 2.48 bits per heavy atom. The SMILES string of the molecule is COc1cc(Cl)cc(C=Nn2c(-c3cccc(C(F)(F)F)c3)nc3ccccc3c2=O)c1OCc1ccccc1. The van der Waals surface area contributed by atoms with E-state index in [1.165, 1.54) is 25.5 Å². The zero-order chi connectivity index (χ0) is 28.3. The summed E-state index contributed by atoms with van der Waals surface area (Å²) in [6, 6.07) is 23.7. The van der Waals surface area contributed by atoms with Gasteiger partial charge in [0, 0.05) is 22.2 Å². The smallest absolute Gasteiger partial charge is 0.416 e. The van der Waals surface area contributed by atoms with Crippen LogP contribution in [0.5, 0.6) is 11.5 Å². The second kappa shape index (κ2) is 11.2. The standard InChI is InChI=1S/C30H21ClF3N3O3/c1-39-26-16-23(31)15-21(27(26)40-18-19-8-3-2-4-9-19)17-35-37-28(20-10-7-11-22(14-20)30(32,33)34)36-25-13-6-5-12-24(25)29(37)38/h2-17H,18H2,1H3. The molecule has 0 bridgehead atoms. The molecule has 0 aliphatic carbocycles. The summed E-state index contributed by atoms with van der Waals surface area (Å²) in [4.78, 5) is 18.0. The molecule has 202 valence electrons. The van der Waals surface area contributed by atoms with Gasteiger partial charge in [-0.2, -0.15) is 22.9 Å². The number of para-hydroxylation sites is 1. The van der Waals surface area contributed by atoms with Gasteiger partial charge < -0.3 is 9.47 Å². The van der Waals surface area contributed by atoms with E-state index in [1.807, 2.05) is 30.3 Å². The number of methoxy groups -OCH3 is 1. The van der Waals surface area contributed by atoms with Crippen molar-refractivity contribution in [1.82, 2.24) is 9.66 Å². The number of rotatable bonds is 7. The lowest BCUT2D eigenvalue weighted by atomic mass is 10.1. The highest BCUT2D eigenvalue weighted by Crippen LogP contribution is 2.35. The molecule has 0 saturated heterocycles. The number of alkyl halides is 3. The highest BCUT2D eigenvalue weighted by molar-refractivity contribution is 6.31. The fourth-order valence-electron chi connectivity index (χ4n) is 4.09. The third kappa shape index (κ3) is 5.69. The van der Waals surface area contributed by atoms with Gasteiger partial charge in [-0.25, -0.2) is 4.98 Å². The molecule has 0 saturated carbocycles. The highest BCUT2D eigenvalue weighted by Gasteiger charge is 2.31. The summed E-state index contributed by atoms with van der Waals surface area (Å²) in [6.45, 7) is 0.215. The normalized spacial score (nSPS) is 11.7. The Kier molecular flexibility index (Phi) is 7.57. The van der Waals surface area contributed by atoms with Gasteiger partial charge in [-0.1, -0.05) is 66.2 Å². The lowest BCUT2D eigenvalue weighted by Gasteiger charge is -2.15. The van der Waals surface area contributed by atoms with Crippen molar-refractivity contribution >= 4 is 28.7 Å². The summed E-state index contributed by atoms with van der Waals surface area (Å²) in [6.07, 6.45) is -3.24. The Bertz CT molecular complexity index is 1770. The highest BCUT2D eigenvalue weighted by atomic mass is 35.5. The first kappa shape index (κ1) is 27.0. The molecule has 0 aliphatic rings. The number of benzene rings is 4. The summed E-state index contributed by atoms with van der Waals surface area (Å²) >= 11 is 6.31. The maximum absolute atomic E-state index is 13.5. The van der Waals surface area contributed by atoms with Crippen molar-refractivity contribution in [3.8, 4) is 22.9 Å². The van der Waals surface area contributed by atoms with Gasteiger partial charge in [0.25, 0.3) is 5.56 Å². The lowest BCUT2D eigenvalue weighted by Crippen LogP contribution is -2.20. The van der Waals surface area contributed by atoms with Crippen LogP contribution < -0.4 is 15.0 Å². The molecule has 0 N–H and O–H groups in total. The van der Waals surface area contributed by atoms with Crippen molar-refractivity contribution in [2.75, 3.05) is 7.11 Å². The van der Waals surface area contributed by atoms with Gasteiger partial charge >= 0.3 is 6.18 Å². The number of nitrogens with zero attached hydrogens (tertiary/aromatic N) is 3. The number of ether oxygens (including phenoxy) is 2. The summed E-state index contributed by atoms with van der Waals surface area (Å²) in [5, 5.41) is 4.94. The zero-order valence-corrected chi connectivity index (χ0v) is 21.8. The maximum Gasteiger partial charge on any atom is 0.416 e. The molecule has 0 amide bonds. The number of aromatic nitrogens is 2. The van der Waals surface area contributed by atoms with Gasteiger partial charge in [0.15, 0.2) is 17.3 Å². The molecule has 5 rings (SSSR count). The van der Waals surface area contributed by atoms with Crippen molar-refractivity contribution in [3.63, 3.8) is 0 Å². The average molecular weight is 564 g/mol.